The molecule has 92 valence electrons. The first-order chi connectivity index (χ1) is 7.77. The van der Waals surface area contributed by atoms with Crippen LogP contribution in [0.5, 0.6) is 0 Å². The van der Waals surface area contributed by atoms with Crippen LogP contribution in [-0.4, -0.2) is 12.1 Å². The predicted octanol–water partition coefficient (Wildman–Crippen LogP) is 3.62. The Morgan fingerprint density at radius 2 is 1.71 bits per heavy atom. The van der Waals surface area contributed by atoms with Gasteiger partial charge in [-0.25, -0.2) is 0 Å². The summed E-state index contributed by atoms with van der Waals surface area (Å²) in [5.74, 6) is 0. The van der Waals surface area contributed by atoms with Crippen molar-refractivity contribution < 1.29 is 0 Å². The Bertz CT molecular complexity index is 413. The Hall–Kier alpha value is -0.850. The maximum Gasteiger partial charge on any atom is 0.101 e. The van der Waals surface area contributed by atoms with Gasteiger partial charge in [0.05, 0.1) is 6.07 Å². The molecule has 3 heteroatoms. The van der Waals surface area contributed by atoms with Crippen LogP contribution in [0.25, 0.3) is 0 Å². The number of nitrogens with one attached hydrogen (secondary N) is 1. The van der Waals surface area contributed by atoms with Gasteiger partial charge >= 0.3 is 0 Å². The molecular weight excluding hydrogens is 276 g/mol. The normalized spacial score (nSPS) is 12.2. The molecule has 1 rings (SSSR count). The lowest BCUT2D eigenvalue weighted by molar-refractivity contribution is 0.397. The van der Waals surface area contributed by atoms with Crippen molar-refractivity contribution >= 4 is 15.9 Å². The first kappa shape index (κ1) is 14.2. The van der Waals surface area contributed by atoms with Crippen LogP contribution in [0.15, 0.2) is 28.7 Å². The summed E-state index contributed by atoms with van der Waals surface area (Å²) < 4.78 is 1.09. The van der Waals surface area contributed by atoms with Gasteiger partial charge in [0.2, 0.25) is 0 Å². The summed E-state index contributed by atoms with van der Waals surface area (Å²) in [5, 5.41) is 12.3. The first-order valence-corrected chi connectivity index (χ1v) is 6.48. The van der Waals surface area contributed by atoms with E-state index in [1.807, 2.05) is 26.0 Å². The lowest BCUT2D eigenvalue weighted by Crippen LogP contribution is -2.44. The average molecular weight is 295 g/mol. The van der Waals surface area contributed by atoms with E-state index in [1.165, 1.54) is 5.56 Å². The van der Waals surface area contributed by atoms with Crippen LogP contribution in [-0.2, 0) is 5.41 Å². The van der Waals surface area contributed by atoms with Crippen LogP contribution < -0.4 is 5.32 Å². The summed E-state index contributed by atoms with van der Waals surface area (Å²) in [5.41, 5.74) is 0.795. The maximum absolute atomic E-state index is 8.98. The van der Waals surface area contributed by atoms with E-state index in [2.05, 4.69) is 53.3 Å². The van der Waals surface area contributed by atoms with Crippen LogP contribution in [0.2, 0.25) is 0 Å². The molecule has 0 aliphatic heterocycles. The molecule has 17 heavy (non-hydrogen) atoms. The molecule has 0 bridgehead atoms. The Balaban J connectivity index is 2.76. The van der Waals surface area contributed by atoms with Gasteiger partial charge in [-0.15, -0.1) is 0 Å². The number of benzene rings is 1. The van der Waals surface area contributed by atoms with Crippen LogP contribution in [0.1, 0.15) is 33.3 Å². The maximum atomic E-state index is 8.98. The molecule has 2 nitrogen and oxygen atoms in total. The molecule has 0 heterocycles. The molecule has 1 aromatic rings. The highest BCUT2D eigenvalue weighted by molar-refractivity contribution is 9.10. The highest BCUT2D eigenvalue weighted by atomic mass is 79.9. The van der Waals surface area contributed by atoms with Gasteiger partial charge in [-0.3, -0.25) is 5.32 Å². The van der Waals surface area contributed by atoms with E-state index >= 15 is 0 Å². The molecule has 0 amide bonds. The van der Waals surface area contributed by atoms with Crippen molar-refractivity contribution in [2.45, 2.75) is 38.6 Å². The topological polar surface area (TPSA) is 35.8 Å². The fraction of sp³-hybridized carbons (Fsp3) is 0.500. The van der Waals surface area contributed by atoms with Crippen molar-refractivity contribution in [3.8, 4) is 6.07 Å². The molecule has 1 aromatic carbocycles. The van der Waals surface area contributed by atoms with Crippen molar-refractivity contribution in [2.24, 2.45) is 0 Å². The molecule has 0 saturated heterocycles. The second-order valence-electron chi connectivity index (χ2n) is 5.48. The third-order valence-corrected chi connectivity index (χ3v) is 3.41. The molecule has 0 unspecified atom stereocenters. The van der Waals surface area contributed by atoms with E-state index in [-0.39, 0.29) is 5.41 Å². The summed E-state index contributed by atoms with van der Waals surface area (Å²) in [6.45, 7) is 8.91. The predicted molar refractivity (Wildman–Crippen MR) is 74.9 cm³/mol. The molecule has 1 N–H and O–H groups in total. The molecule has 0 aliphatic rings. The molecule has 0 fully saturated rings. The van der Waals surface area contributed by atoms with Gasteiger partial charge in [0.15, 0.2) is 0 Å². The van der Waals surface area contributed by atoms with Gasteiger partial charge in [0, 0.05) is 16.4 Å². The van der Waals surface area contributed by atoms with Gasteiger partial charge in [-0.05, 0) is 31.5 Å². The minimum Gasteiger partial charge on any atom is -0.299 e. The van der Waals surface area contributed by atoms with Crippen molar-refractivity contribution in [1.29, 1.82) is 5.26 Å². The standard InChI is InChI=1S/C14H19BrN2/c1-13(2,10-17-14(3,4)9-16)11-5-7-12(15)8-6-11/h5-8,17H,10H2,1-4H3. The van der Waals surface area contributed by atoms with Gasteiger partial charge in [-0.1, -0.05) is 41.9 Å². The molecule has 0 spiro atoms. The highest BCUT2D eigenvalue weighted by Crippen LogP contribution is 2.24. The molecule has 0 aromatic heterocycles. The summed E-state index contributed by atoms with van der Waals surface area (Å²) in [4.78, 5) is 0. The van der Waals surface area contributed by atoms with Gasteiger partial charge < -0.3 is 0 Å². The van der Waals surface area contributed by atoms with Gasteiger partial charge in [0.25, 0.3) is 0 Å². The van der Waals surface area contributed by atoms with Gasteiger partial charge in [-0.2, -0.15) is 5.26 Å². The SMILES string of the molecule is CC(C)(C#N)NCC(C)(C)c1ccc(Br)cc1. The zero-order valence-corrected chi connectivity index (χ0v) is 12.4. The smallest absolute Gasteiger partial charge is 0.101 e. The fourth-order valence-corrected chi connectivity index (χ4v) is 1.75. The lowest BCUT2D eigenvalue weighted by Gasteiger charge is -2.29. The first-order valence-electron chi connectivity index (χ1n) is 5.69. The minimum absolute atomic E-state index is 0.00875. The van der Waals surface area contributed by atoms with Gasteiger partial charge in [0.1, 0.15) is 5.54 Å². The summed E-state index contributed by atoms with van der Waals surface area (Å²) in [6.07, 6.45) is 0. The number of rotatable bonds is 4. The third kappa shape index (κ3) is 4.14. The van der Waals surface area contributed by atoms with E-state index in [1.54, 1.807) is 0 Å². The Morgan fingerprint density at radius 1 is 1.18 bits per heavy atom. The number of nitriles is 1. The van der Waals surface area contributed by atoms with E-state index < -0.39 is 5.54 Å². The fourth-order valence-electron chi connectivity index (χ4n) is 1.48. The molecule has 0 atom stereocenters. The highest BCUT2D eigenvalue weighted by Gasteiger charge is 2.24. The van der Waals surface area contributed by atoms with E-state index in [9.17, 15) is 0 Å². The summed E-state index contributed by atoms with van der Waals surface area (Å²) in [6, 6.07) is 10.6. The molecular formula is C14H19BrN2. The van der Waals surface area contributed by atoms with Crippen molar-refractivity contribution in [3.05, 3.63) is 34.3 Å². The monoisotopic (exact) mass is 294 g/mol. The summed E-state index contributed by atoms with van der Waals surface area (Å²) >= 11 is 3.44. The number of hydrogen-bond donors (Lipinski definition) is 1. The van der Waals surface area contributed by atoms with Crippen LogP contribution in [0.4, 0.5) is 0 Å². The third-order valence-electron chi connectivity index (χ3n) is 2.88. The molecule has 0 radical (unpaired) electrons. The summed E-state index contributed by atoms with van der Waals surface area (Å²) in [7, 11) is 0. The Labute approximate surface area is 112 Å². The largest absolute Gasteiger partial charge is 0.299 e. The van der Waals surface area contributed by atoms with Crippen LogP contribution in [0.3, 0.4) is 0 Å². The van der Waals surface area contributed by atoms with E-state index in [0.29, 0.717) is 0 Å². The molecule has 0 aliphatic carbocycles. The Kier molecular flexibility index (Phi) is 4.35. The second-order valence-corrected chi connectivity index (χ2v) is 6.40. The lowest BCUT2D eigenvalue weighted by atomic mass is 9.84. The van der Waals surface area contributed by atoms with Crippen molar-refractivity contribution in [3.63, 3.8) is 0 Å². The zero-order valence-electron chi connectivity index (χ0n) is 10.8. The molecule has 0 saturated carbocycles. The number of halogens is 1. The van der Waals surface area contributed by atoms with Crippen LogP contribution in [0, 0.1) is 11.3 Å². The van der Waals surface area contributed by atoms with Crippen molar-refractivity contribution in [2.75, 3.05) is 6.54 Å². The average Bonchev–Trinajstić information content (AvgIpc) is 2.27. The zero-order chi connectivity index (χ0) is 13.1. The van der Waals surface area contributed by atoms with E-state index in [4.69, 9.17) is 5.26 Å². The van der Waals surface area contributed by atoms with Crippen molar-refractivity contribution in [1.82, 2.24) is 5.32 Å². The minimum atomic E-state index is -0.480. The Morgan fingerprint density at radius 3 is 2.18 bits per heavy atom. The number of nitrogens with zero attached hydrogens (tertiary/aromatic N) is 1. The quantitative estimate of drug-likeness (QED) is 0.921. The van der Waals surface area contributed by atoms with E-state index in [0.717, 1.165) is 11.0 Å². The second kappa shape index (κ2) is 5.20. The van der Waals surface area contributed by atoms with Crippen LogP contribution >= 0.6 is 15.9 Å². The number of hydrogen-bond acceptors (Lipinski definition) is 2.